The van der Waals surface area contributed by atoms with Crippen LogP contribution in [-0.4, -0.2) is 67.9 Å². The standard InChI is InChI=1S/C24H37FN2O4S/c1-17-15-27(23(25)18(2)31-17)21-8-6-19(7-9-21)14-22(28)26-12-10-20(11-13-26)16-32(29,30)24(3,4)5/h6-9,17-18,20,23H,10-16H2,1-5H3/t17-,18+,23?/m0/s1. The minimum absolute atomic E-state index is 0.0421. The van der Waals surface area contributed by atoms with Crippen LogP contribution in [0.4, 0.5) is 10.1 Å². The number of amides is 1. The molecule has 0 aromatic heterocycles. The summed E-state index contributed by atoms with van der Waals surface area (Å²) in [6.45, 7) is 10.6. The zero-order valence-electron chi connectivity index (χ0n) is 19.9. The summed E-state index contributed by atoms with van der Waals surface area (Å²) in [6, 6.07) is 7.49. The van der Waals surface area contributed by atoms with Gasteiger partial charge in [-0.15, -0.1) is 0 Å². The topological polar surface area (TPSA) is 66.9 Å². The Kier molecular flexibility index (Phi) is 7.55. The first-order valence-corrected chi connectivity index (χ1v) is 13.2. The van der Waals surface area contributed by atoms with Crippen LogP contribution in [0.5, 0.6) is 0 Å². The molecule has 2 heterocycles. The number of carbonyl (C=O) groups is 1. The van der Waals surface area contributed by atoms with Crippen LogP contribution in [0, 0.1) is 5.92 Å². The molecule has 0 aliphatic carbocycles. The molecular weight excluding hydrogens is 431 g/mol. The largest absolute Gasteiger partial charge is 0.369 e. The van der Waals surface area contributed by atoms with Crippen LogP contribution in [0.3, 0.4) is 0 Å². The summed E-state index contributed by atoms with van der Waals surface area (Å²) in [5, 5.41) is 0. The van der Waals surface area contributed by atoms with E-state index in [1.54, 1.807) is 32.6 Å². The first-order chi connectivity index (χ1) is 14.9. The Hall–Kier alpha value is -1.67. The maximum atomic E-state index is 14.6. The highest BCUT2D eigenvalue weighted by Gasteiger charge is 2.34. The van der Waals surface area contributed by atoms with E-state index in [0.29, 0.717) is 38.9 Å². The molecule has 1 aromatic rings. The number of morpholine rings is 1. The number of hydrogen-bond acceptors (Lipinski definition) is 5. The summed E-state index contributed by atoms with van der Waals surface area (Å²) in [6.07, 6.45) is -0.000474. The average molecular weight is 469 g/mol. The second kappa shape index (κ2) is 9.67. The fraction of sp³-hybridized carbons (Fsp3) is 0.708. The third kappa shape index (κ3) is 5.81. The van der Waals surface area contributed by atoms with E-state index in [4.69, 9.17) is 4.74 Å². The third-order valence-corrected chi connectivity index (χ3v) is 9.34. The van der Waals surface area contributed by atoms with E-state index in [9.17, 15) is 17.6 Å². The fourth-order valence-corrected chi connectivity index (χ4v) is 5.81. The van der Waals surface area contributed by atoms with E-state index < -0.39 is 27.0 Å². The maximum absolute atomic E-state index is 14.6. The van der Waals surface area contributed by atoms with Crippen molar-refractivity contribution in [2.24, 2.45) is 5.92 Å². The van der Waals surface area contributed by atoms with Crippen LogP contribution >= 0.6 is 0 Å². The van der Waals surface area contributed by atoms with Gasteiger partial charge >= 0.3 is 0 Å². The molecule has 32 heavy (non-hydrogen) atoms. The quantitative estimate of drug-likeness (QED) is 0.618. The van der Waals surface area contributed by atoms with Gasteiger partial charge in [0.05, 0.1) is 23.0 Å². The highest BCUT2D eigenvalue weighted by molar-refractivity contribution is 7.92. The molecule has 2 aliphatic rings. The van der Waals surface area contributed by atoms with Gasteiger partial charge in [0.25, 0.3) is 0 Å². The number of carbonyl (C=O) groups excluding carboxylic acids is 1. The van der Waals surface area contributed by atoms with Crippen LogP contribution in [0.25, 0.3) is 0 Å². The number of rotatable bonds is 5. The SMILES string of the molecule is C[C@H]1CN(c2ccc(CC(=O)N3CCC(CS(=O)(=O)C(C)(C)C)CC3)cc2)C(F)[C@@H](C)O1. The van der Waals surface area contributed by atoms with Gasteiger partial charge in [-0.25, -0.2) is 12.8 Å². The van der Waals surface area contributed by atoms with Gasteiger partial charge in [0.1, 0.15) is 6.10 Å². The molecule has 0 radical (unpaired) electrons. The molecule has 2 saturated heterocycles. The van der Waals surface area contributed by atoms with Crippen LogP contribution in [0.15, 0.2) is 24.3 Å². The van der Waals surface area contributed by atoms with Gasteiger partial charge in [0, 0.05) is 25.3 Å². The summed E-state index contributed by atoms with van der Waals surface area (Å²) in [5.74, 6) is 0.343. The smallest absolute Gasteiger partial charge is 0.226 e. The molecule has 2 fully saturated rings. The molecule has 0 saturated carbocycles. The maximum Gasteiger partial charge on any atom is 0.226 e. The lowest BCUT2D eigenvalue weighted by Crippen LogP contribution is -2.51. The lowest BCUT2D eigenvalue weighted by molar-refractivity contribution is -0.131. The van der Waals surface area contributed by atoms with Crippen molar-refractivity contribution in [3.63, 3.8) is 0 Å². The minimum atomic E-state index is -3.15. The Bertz CT molecular complexity index is 890. The number of sulfone groups is 1. The second-order valence-corrected chi connectivity index (χ2v) is 13.0. The van der Waals surface area contributed by atoms with E-state index >= 15 is 0 Å². The summed E-state index contributed by atoms with van der Waals surface area (Å²) in [7, 11) is -3.15. The molecule has 0 bridgehead atoms. The molecule has 3 atom stereocenters. The van der Waals surface area contributed by atoms with E-state index in [1.807, 2.05) is 36.1 Å². The number of likely N-dealkylation sites (tertiary alicyclic amines) is 1. The molecule has 1 aromatic carbocycles. The molecule has 8 heteroatoms. The third-order valence-electron chi connectivity index (χ3n) is 6.56. The number of piperidine rings is 1. The molecule has 0 N–H and O–H groups in total. The Labute approximate surface area is 192 Å². The number of anilines is 1. The van der Waals surface area contributed by atoms with E-state index in [1.165, 1.54) is 0 Å². The van der Waals surface area contributed by atoms with Crippen molar-refractivity contribution >= 4 is 21.4 Å². The number of hydrogen-bond donors (Lipinski definition) is 0. The molecule has 2 aliphatic heterocycles. The zero-order chi connectivity index (χ0) is 23.7. The minimum Gasteiger partial charge on any atom is -0.369 e. The summed E-state index contributed by atoms with van der Waals surface area (Å²) < 4.78 is 44.3. The van der Waals surface area contributed by atoms with Crippen molar-refractivity contribution in [2.45, 2.75) is 77.1 Å². The van der Waals surface area contributed by atoms with Crippen LogP contribution < -0.4 is 4.90 Å². The molecule has 6 nitrogen and oxygen atoms in total. The van der Waals surface area contributed by atoms with Crippen LogP contribution in [-0.2, 0) is 25.8 Å². The highest BCUT2D eigenvalue weighted by Crippen LogP contribution is 2.28. The van der Waals surface area contributed by atoms with Gasteiger partial charge in [0.2, 0.25) is 5.91 Å². The average Bonchev–Trinajstić information content (AvgIpc) is 2.70. The molecular formula is C24H37FN2O4S. The highest BCUT2D eigenvalue weighted by atomic mass is 32.2. The molecule has 1 amide bonds. The van der Waals surface area contributed by atoms with Gasteiger partial charge in [-0.05, 0) is 71.1 Å². The lowest BCUT2D eigenvalue weighted by atomic mass is 9.98. The van der Waals surface area contributed by atoms with Crippen molar-refractivity contribution in [3.05, 3.63) is 29.8 Å². The first kappa shape index (κ1) is 25.0. The van der Waals surface area contributed by atoms with Crippen molar-refractivity contribution in [1.29, 1.82) is 0 Å². The van der Waals surface area contributed by atoms with Gasteiger partial charge in [-0.1, -0.05) is 12.1 Å². The number of nitrogens with zero attached hydrogens (tertiary/aromatic N) is 2. The monoisotopic (exact) mass is 468 g/mol. The zero-order valence-corrected chi connectivity index (χ0v) is 20.7. The predicted molar refractivity (Wildman–Crippen MR) is 125 cm³/mol. The van der Waals surface area contributed by atoms with Gasteiger partial charge < -0.3 is 14.5 Å². The van der Waals surface area contributed by atoms with E-state index in [0.717, 1.165) is 11.3 Å². The predicted octanol–water partition coefficient (Wildman–Crippen LogP) is 3.59. The summed E-state index contributed by atoms with van der Waals surface area (Å²) in [5.41, 5.74) is 1.68. The van der Waals surface area contributed by atoms with E-state index in [-0.39, 0.29) is 23.7 Å². The van der Waals surface area contributed by atoms with Crippen LogP contribution in [0.1, 0.15) is 53.0 Å². The Morgan fingerprint density at radius 1 is 1.12 bits per heavy atom. The van der Waals surface area contributed by atoms with Gasteiger partial charge in [-0.2, -0.15) is 0 Å². The van der Waals surface area contributed by atoms with Gasteiger partial charge in [-0.3, -0.25) is 4.79 Å². The van der Waals surface area contributed by atoms with Crippen LogP contribution in [0.2, 0.25) is 0 Å². The fourth-order valence-electron chi connectivity index (χ4n) is 4.35. The van der Waals surface area contributed by atoms with Crippen molar-refractivity contribution in [3.8, 4) is 0 Å². The first-order valence-electron chi connectivity index (χ1n) is 11.5. The number of benzene rings is 1. The number of ether oxygens (including phenoxy) is 1. The normalized spacial score (nSPS) is 25.8. The molecule has 3 rings (SSSR count). The van der Waals surface area contributed by atoms with Crippen molar-refractivity contribution < 1.29 is 22.3 Å². The Morgan fingerprint density at radius 3 is 2.28 bits per heavy atom. The molecule has 0 spiro atoms. The van der Waals surface area contributed by atoms with Gasteiger partial charge in [0.15, 0.2) is 16.1 Å². The second-order valence-electron chi connectivity index (χ2n) is 10.2. The number of halogens is 1. The lowest BCUT2D eigenvalue weighted by Gasteiger charge is -2.39. The molecule has 180 valence electrons. The summed E-state index contributed by atoms with van der Waals surface area (Å²) in [4.78, 5) is 16.3. The Balaban J connectivity index is 1.52. The Morgan fingerprint density at radius 2 is 1.72 bits per heavy atom. The summed E-state index contributed by atoms with van der Waals surface area (Å²) >= 11 is 0. The number of alkyl halides is 1. The van der Waals surface area contributed by atoms with Crippen molar-refractivity contribution in [2.75, 3.05) is 30.3 Å². The van der Waals surface area contributed by atoms with Crippen molar-refractivity contribution in [1.82, 2.24) is 4.90 Å². The van der Waals surface area contributed by atoms with E-state index in [2.05, 4.69) is 0 Å². The molecule has 1 unspecified atom stereocenters.